The smallest absolute Gasteiger partial charge is 0.136 e. The van der Waals surface area contributed by atoms with E-state index in [0.29, 0.717) is 32.1 Å². The van der Waals surface area contributed by atoms with Gasteiger partial charge in [0.25, 0.3) is 0 Å². The van der Waals surface area contributed by atoms with Crippen LogP contribution < -0.4 is 0 Å². The minimum atomic E-state index is -0.0909. The second-order valence-electron chi connectivity index (χ2n) is 3.65. The first-order valence-electron chi connectivity index (χ1n) is 4.63. The van der Waals surface area contributed by atoms with Crippen molar-refractivity contribution in [2.75, 3.05) is 0 Å². The fourth-order valence-electron chi connectivity index (χ4n) is 1.59. The Hall–Kier alpha value is -0.990. The number of Topliss-reactive ketones (excluding diaryl/α,β-unsaturated/α-hetero) is 3. The van der Waals surface area contributed by atoms with Gasteiger partial charge in [-0.3, -0.25) is 9.59 Å². The van der Waals surface area contributed by atoms with Crippen molar-refractivity contribution in [3.8, 4) is 0 Å². The highest BCUT2D eigenvalue weighted by molar-refractivity contribution is 5.92. The average Bonchev–Trinajstić information content (AvgIpc) is 2.47. The monoisotopic (exact) mass is 182 g/mol. The summed E-state index contributed by atoms with van der Waals surface area (Å²) in [7, 11) is 0. The maximum absolute atomic E-state index is 11.4. The Balaban J connectivity index is 2.31. The molecule has 0 N–H and O–H groups in total. The molecule has 1 rings (SSSR count). The predicted molar refractivity (Wildman–Crippen MR) is 47.3 cm³/mol. The average molecular weight is 182 g/mol. The van der Waals surface area contributed by atoms with Crippen LogP contribution in [0.4, 0.5) is 0 Å². The van der Waals surface area contributed by atoms with Crippen LogP contribution in [0, 0.1) is 5.92 Å². The minimum Gasteiger partial charge on any atom is -0.300 e. The summed E-state index contributed by atoms with van der Waals surface area (Å²) < 4.78 is 0. The van der Waals surface area contributed by atoms with Crippen LogP contribution >= 0.6 is 0 Å². The lowest BCUT2D eigenvalue weighted by molar-refractivity contribution is -0.126. The summed E-state index contributed by atoms with van der Waals surface area (Å²) >= 11 is 0. The highest BCUT2D eigenvalue weighted by atomic mass is 16.1. The van der Waals surface area contributed by atoms with Gasteiger partial charge in [-0.15, -0.1) is 0 Å². The van der Waals surface area contributed by atoms with E-state index in [1.165, 1.54) is 6.92 Å². The maximum atomic E-state index is 11.4. The molecule has 1 unspecified atom stereocenters. The van der Waals surface area contributed by atoms with Crippen molar-refractivity contribution in [3.05, 3.63) is 0 Å². The van der Waals surface area contributed by atoms with E-state index in [1.54, 1.807) is 0 Å². The summed E-state index contributed by atoms with van der Waals surface area (Å²) in [6.07, 6.45) is 2.26. The third-order valence-corrected chi connectivity index (χ3v) is 2.42. The van der Waals surface area contributed by atoms with Gasteiger partial charge in [-0.05, 0) is 13.3 Å². The largest absolute Gasteiger partial charge is 0.300 e. The Bertz CT molecular complexity index is 243. The van der Waals surface area contributed by atoms with Crippen LogP contribution in [-0.2, 0) is 14.4 Å². The first-order chi connectivity index (χ1) is 6.09. The van der Waals surface area contributed by atoms with E-state index in [9.17, 15) is 14.4 Å². The van der Waals surface area contributed by atoms with Crippen molar-refractivity contribution in [2.45, 2.75) is 39.0 Å². The summed E-state index contributed by atoms with van der Waals surface area (Å²) in [5, 5.41) is 0. The molecule has 13 heavy (non-hydrogen) atoms. The van der Waals surface area contributed by atoms with Crippen molar-refractivity contribution in [3.63, 3.8) is 0 Å². The second kappa shape index (κ2) is 4.30. The van der Waals surface area contributed by atoms with E-state index >= 15 is 0 Å². The van der Waals surface area contributed by atoms with E-state index in [4.69, 9.17) is 0 Å². The van der Waals surface area contributed by atoms with Crippen LogP contribution in [0.1, 0.15) is 39.0 Å². The highest BCUT2D eigenvalue weighted by Gasteiger charge is 2.27. The molecule has 0 aromatic rings. The van der Waals surface area contributed by atoms with Gasteiger partial charge in [0.1, 0.15) is 17.3 Å². The van der Waals surface area contributed by atoms with Crippen LogP contribution in [-0.4, -0.2) is 17.3 Å². The maximum Gasteiger partial charge on any atom is 0.136 e. The number of carbonyl (C=O) groups excluding carboxylic acids is 3. The molecule has 1 atom stereocenters. The summed E-state index contributed by atoms with van der Waals surface area (Å²) in [5.74, 6) is 0.215. The SMILES string of the molecule is CC(=O)CCC(=O)C1CCC(=O)C1. The molecule has 0 spiro atoms. The first-order valence-corrected chi connectivity index (χ1v) is 4.63. The van der Waals surface area contributed by atoms with Gasteiger partial charge in [0.2, 0.25) is 0 Å². The van der Waals surface area contributed by atoms with Gasteiger partial charge in [0.05, 0.1) is 0 Å². The van der Waals surface area contributed by atoms with Gasteiger partial charge in [0, 0.05) is 31.6 Å². The van der Waals surface area contributed by atoms with Gasteiger partial charge in [-0.1, -0.05) is 0 Å². The van der Waals surface area contributed by atoms with E-state index in [-0.39, 0.29) is 23.3 Å². The van der Waals surface area contributed by atoms with E-state index in [1.807, 2.05) is 0 Å². The predicted octanol–water partition coefficient (Wildman–Crippen LogP) is 1.29. The molecule has 0 saturated heterocycles. The molecule has 72 valence electrons. The number of carbonyl (C=O) groups is 3. The fourth-order valence-corrected chi connectivity index (χ4v) is 1.59. The number of hydrogen-bond acceptors (Lipinski definition) is 3. The van der Waals surface area contributed by atoms with E-state index < -0.39 is 0 Å². The van der Waals surface area contributed by atoms with Crippen LogP contribution in [0.25, 0.3) is 0 Å². The Morgan fingerprint density at radius 1 is 1.38 bits per heavy atom. The van der Waals surface area contributed by atoms with Gasteiger partial charge in [-0.2, -0.15) is 0 Å². The molecule has 0 bridgehead atoms. The van der Waals surface area contributed by atoms with Crippen LogP contribution in [0.5, 0.6) is 0 Å². The van der Waals surface area contributed by atoms with Gasteiger partial charge in [0.15, 0.2) is 0 Å². The lowest BCUT2D eigenvalue weighted by atomic mass is 9.98. The Morgan fingerprint density at radius 2 is 2.08 bits per heavy atom. The highest BCUT2D eigenvalue weighted by Crippen LogP contribution is 2.24. The Kier molecular flexibility index (Phi) is 3.34. The quantitative estimate of drug-likeness (QED) is 0.658. The summed E-state index contributed by atoms with van der Waals surface area (Å²) in [5.41, 5.74) is 0. The van der Waals surface area contributed by atoms with Crippen molar-refractivity contribution in [1.29, 1.82) is 0 Å². The first kappa shape index (κ1) is 10.1. The van der Waals surface area contributed by atoms with Gasteiger partial charge >= 0.3 is 0 Å². The molecular weight excluding hydrogens is 168 g/mol. The van der Waals surface area contributed by atoms with E-state index in [0.717, 1.165) is 0 Å². The molecule has 3 heteroatoms. The molecule has 0 aromatic carbocycles. The Morgan fingerprint density at radius 3 is 2.54 bits per heavy atom. The molecule has 0 aromatic heterocycles. The zero-order valence-corrected chi connectivity index (χ0v) is 7.84. The Labute approximate surface area is 77.5 Å². The lowest BCUT2D eigenvalue weighted by Gasteiger charge is -2.04. The normalized spacial score (nSPS) is 21.9. The van der Waals surface area contributed by atoms with Crippen molar-refractivity contribution in [2.24, 2.45) is 5.92 Å². The van der Waals surface area contributed by atoms with Crippen molar-refractivity contribution in [1.82, 2.24) is 0 Å². The zero-order valence-electron chi connectivity index (χ0n) is 7.84. The molecule has 1 aliphatic carbocycles. The number of ketones is 3. The van der Waals surface area contributed by atoms with Crippen LogP contribution in [0.15, 0.2) is 0 Å². The van der Waals surface area contributed by atoms with Gasteiger partial charge in [-0.25, -0.2) is 0 Å². The van der Waals surface area contributed by atoms with Crippen molar-refractivity contribution < 1.29 is 14.4 Å². The third-order valence-electron chi connectivity index (χ3n) is 2.42. The van der Waals surface area contributed by atoms with E-state index in [2.05, 4.69) is 0 Å². The molecule has 1 saturated carbocycles. The van der Waals surface area contributed by atoms with Crippen LogP contribution in [0.3, 0.4) is 0 Å². The zero-order chi connectivity index (χ0) is 9.84. The lowest BCUT2D eigenvalue weighted by Crippen LogP contribution is -2.12. The standard InChI is InChI=1S/C10H14O3/c1-7(11)2-5-10(13)8-3-4-9(12)6-8/h8H,2-6H2,1H3. The fraction of sp³-hybridized carbons (Fsp3) is 0.700. The third kappa shape index (κ3) is 3.09. The summed E-state index contributed by atoms with van der Waals surface area (Å²) in [4.78, 5) is 32.9. The molecule has 0 radical (unpaired) electrons. The second-order valence-corrected chi connectivity index (χ2v) is 3.65. The molecule has 1 aliphatic rings. The topological polar surface area (TPSA) is 51.2 Å². The molecule has 1 fully saturated rings. The molecular formula is C10H14O3. The van der Waals surface area contributed by atoms with Crippen LogP contribution in [0.2, 0.25) is 0 Å². The number of rotatable bonds is 4. The van der Waals surface area contributed by atoms with Gasteiger partial charge < -0.3 is 4.79 Å². The molecule has 3 nitrogen and oxygen atoms in total. The summed E-state index contributed by atoms with van der Waals surface area (Å²) in [6.45, 7) is 1.48. The molecule has 0 aliphatic heterocycles. The summed E-state index contributed by atoms with van der Waals surface area (Å²) in [6, 6.07) is 0. The van der Waals surface area contributed by atoms with Crippen molar-refractivity contribution >= 4 is 17.3 Å². The molecule has 0 heterocycles. The minimum absolute atomic E-state index is 0.0395. The molecule has 0 amide bonds. The number of hydrogen-bond donors (Lipinski definition) is 0.